The van der Waals surface area contributed by atoms with Gasteiger partial charge in [0.25, 0.3) is 0 Å². The van der Waals surface area contributed by atoms with Gasteiger partial charge in [-0.1, -0.05) is 29.8 Å². The lowest BCUT2D eigenvalue weighted by atomic mass is 9.80. The van der Waals surface area contributed by atoms with Crippen LogP contribution in [-0.4, -0.2) is 6.10 Å². The van der Waals surface area contributed by atoms with Crippen molar-refractivity contribution in [3.63, 3.8) is 0 Å². The van der Waals surface area contributed by atoms with E-state index in [1.165, 1.54) is 12.5 Å². The van der Waals surface area contributed by atoms with E-state index in [9.17, 15) is 4.39 Å². The number of rotatable bonds is 3. The topological polar surface area (TPSA) is 9.23 Å². The molecule has 2 rings (SSSR count). The second-order valence-electron chi connectivity index (χ2n) is 5.48. The lowest BCUT2D eigenvalue weighted by Gasteiger charge is -2.32. The van der Waals surface area contributed by atoms with E-state index >= 15 is 0 Å². The minimum Gasteiger partial charge on any atom is -0.374 e. The molecule has 3 atom stereocenters. The number of halogens is 2. The summed E-state index contributed by atoms with van der Waals surface area (Å²) >= 11 is 3.30. The average Bonchev–Trinajstić information content (AvgIpc) is 2.29. The van der Waals surface area contributed by atoms with Crippen molar-refractivity contribution in [1.82, 2.24) is 0 Å². The number of ether oxygens (including phenoxy) is 1. The fourth-order valence-corrected chi connectivity index (χ4v) is 3.07. The monoisotopic (exact) mass is 314 g/mol. The number of benzene rings is 1. The standard InChI is InChI=1S/C15H20BrFO/c1-10-3-4-15(5-11(10)2)18-9-12-6-13(16)8-14(17)7-12/h6-8,10-11,15H,3-5,9H2,1-2H3. The largest absolute Gasteiger partial charge is 0.374 e. The van der Waals surface area contributed by atoms with Crippen molar-refractivity contribution in [2.75, 3.05) is 0 Å². The van der Waals surface area contributed by atoms with Gasteiger partial charge in [-0.3, -0.25) is 0 Å². The van der Waals surface area contributed by atoms with E-state index in [0.717, 1.165) is 34.7 Å². The maximum absolute atomic E-state index is 13.2. The maximum Gasteiger partial charge on any atom is 0.124 e. The molecule has 1 saturated carbocycles. The van der Waals surface area contributed by atoms with Crippen LogP contribution in [0.4, 0.5) is 4.39 Å². The van der Waals surface area contributed by atoms with Crippen molar-refractivity contribution < 1.29 is 9.13 Å². The third-order valence-corrected chi connectivity index (χ3v) is 4.42. The smallest absolute Gasteiger partial charge is 0.124 e. The minimum atomic E-state index is -0.214. The molecule has 0 saturated heterocycles. The van der Waals surface area contributed by atoms with Crippen molar-refractivity contribution in [2.45, 2.75) is 45.8 Å². The van der Waals surface area contributed by atoms with Gasteiger partial charge in [0.1, 0.15) is 5.82 Å². The number of hydrogen-bond donors (Lipinski definition) is 0. The summed E-state index contributed by atoms with van der Waals surface area (Å²) in [6, 6.07) is 4.92. The van der Waals surface area contributed by atoms with Gasteiger partial charge in [-0.25, -0.2) is 4.39 Å². The lowest BCUT2D eigenvalue weighted by Crippen LogP contribution is -2.26. The Hall–Kier alpha value is -0.410. The predicted molar refractivity (Wildman–Crippen MR) is 74.9 cm³/mol. The summed E-state index contributed by atoms with van der Waals surface area (Å²) in [7, 11) is 0. The quantitative estimate of drug-likeness (QED) is 0.768. The van der Waals surface area contributed by atoms with Crippen LogP contribution in [0.2, 0.25) is 0 Å². The molecule has 1 aromatic rings. The highest BCUT2D eigenvalue weighted by molar-refractivity contribution is 9.10. The summed E-state index contributed by atoms with van der Waals surface area (Å²) in [5.74, 6) is 1.31. The van der Waals surface area contributed by atoms with Crippen LogP contribution in [0, 0.1) is 17.7 Å². The van der Waals surface area contributed by atoms with E-state index in [-0.39, 0.29) is 5.82 Å². The first-order valence-electron chi connectivity index (χ1n) is 6.61. The fourth-order valence-electron chi connectivity index (χ4n) is 2.56. The molecule has 1 aliphatic carbocycles. The second-order valence-corrected chi connectivity index (χ2v) is 6.39. The van der Waals surface area contributed by atoms with E-state index in [1.807, 2.05) is 6.07 Å². The molecule has 18 heavy (non-hydrogen) atoms. The molecule has 0 heterocycles. The maximum atomic E-state index is 13.2. The van der Waals surface area contributed by atoms with E-state index in [1.54, 1.807) is 6.07 Å². The molecule has 0 radical (unpaired) electrons. The Bertz CT molecular complexity index is 387. The van der Waals surface area contributed by atoms with Gasteiger partial charge in [0, 0.05) is 4.47 Å². The molecule has 1 aliphatic rings. The van der Waals surface area contributed by atoms with Crippen LogP contribution >= 0.6 is 15.9 Å². The van der Waals surface area contributed by atoms with Crippen LogP contribution in [0.5, 0.6) is 0 Å². The summed E-state index contributed by atoms with van der Waals surface area (Å²) in [6.07, 6.45) is 3.82. The molecule has 1 aromatic carbocycles. The normalized spacial score (nSPS) is 28.3. The molecule has 0 aromatic heterocycles. The molecule has 0 N–H and O–H groups in total. The van der Waals surface area contributed by atoms with Crippen LogP contribution < -0.4 is 0 Å². The highest BCUT2D eigenvalue weighted by atomic mass is 79.9. The van der Waals surface area contributed by atoms with Gasteiger partial charge in [-0.15, -0.1) is 0 Å². The Kier molecular flexibility index (Phi) is 4.79. The van der Waals surface area contributed by atoms with Crippen LogP contribution in [0.1, 0.15) is 38.7 Å². The minimum absolute atomic E-state index is 0.214. The van der Waals surface area contributed by atoms with Crippen LogP contribution in [0.15, 0.2) is 22.7 Å². The van der Waals surface area contributed by atoms with Crippen LogP contribution in [0.3, 0.4) is 0 Å². The molecule has 3 unspecified atom stereocenters. The molecule has 1 nitrogen and oxygen atoms in total. The SMILES string of the molecule is CC1CCC(OCc2cc(F)cc(Br)c2)CC1C. The molecule has 0 bridgehead atoms. The van der Waals surface area contributed by atoms with Crippen LogP contribution in [0.25, 0.3) is 0 Å². The first-order chi connectivity index (χ1) is 8.54. The van der Waals surface area contributed by atoms with Gasteiger partial charge >= 0.3 is 0 Å². The third kappa shape index (κ3) is 3.79. The fraction of sp³-hybridized carbons (Fsp3) is 0.600. The predicted octanol–water partition coefficient (Wildman–Crippen LogP) is 4.93. The Morgan fingerprint density at radius 1 is 1.22 bits per heavy atom. The Morgan fingerprint density at radius 3 is 2.67 bits per heavy atom. The molecule has 0 spiro atoms. The lowest BCUT2D eigenvalue weighted by molar-refractivity contribution is -0.00755. The van der Waals surface area contributed by atoms with E-state index in [4.69, 9.17) is 4.74 Å². The highest BCUT2D eigenvalue weighted by Crippen LogP contribution is 2.31. The molecule has 3 heteroatoms. The average molecular weight is 315 g/mol. The van der Waals surface area contributed by atoms with Crippen molar-refractivity contribution in [3.05, 3.63) is 34.1 Å². The highest BCUT2D eigenvalue weighted by Gasteiger charge is 2.24. The summed E-state index contributed by atoms with van der Waals surface area (Å²) in [4.78, 5) is 0. The van der Waals surface area contributed by atoms with Gasteiger partial charge < -0.3 is 4.74 Å². The van der Waals surface area contributed by atoms with Gasteiger partial charge in [0.05, 0.1) is 12.7 Å². The Labute approximate surface area is 117 Å². The van der Waals surface area contributed by atoms with Crippen LogP contribution in [-0.2, 0) is 11.3 Å². The Balaban J connectivity index is 1.88. The first kappa shape index (κ1) is 14.0. The zero-order valence-electron chi connectivity index (χ0n) is 11.0. The van der Waals surface area contributed by atoms with Gasteiger partial charge in [0.15, 0.2) is 0 Å². The third-order valence-electron chi connectivity index (χ3n) is 3.96. The molecule has 0 amide bonds. The zero-order chi connectivity index (χ0) is 13.1. The Morgan fingerprint density at radius 2 is 2.00 bits per heavy atom. The van der Waals surface area contributed by atoms with Gasteiger partial charge in [-0.05, 0) is 54.9 Å². The number of hydrogen-bond acceptors (Lipinski definition) is 1. The van der Waals surface area contributed by atoms with Crippen molar-refractivity contribution >= 4 is 15.9 Å². The van der Waals surface area contributed by atoms with Crippen molar-refractivity contribution in [3.8, 4) is 0 Å². The van der Waals surface area contributed by atoms with E-state index in [2.05, 4.69) is 29.8 Å². The summed E-state index contributed by atoms with van der Waals surface area (Å²) in [5.41, 5.74) is 0.896. The zero-order valence-corrected chi connectivity index (χ0v) is 12.5. The first-order valence-corrected chi connectivity index (χ1v) is 7.40. The molecule has 1 fully saturated rings. The van der Waals surface area contributed by atoms with E-state index < -0.39 is 0 Å². The van der Waals surface area contributed by atoms with Crippen molar-refractivity contribution in [1.29, 1.82) is 0 Å². The second kappa shape index (κ2) is 6.16. The van der Waals surface area contributed by atoms with Gasteiger partial charge in [-0.2, -0.15) is 0 Å². The van der Waals surface area contributed by atoms with E-state index in [0.29, 0.717) is 12.7 Å². The van der Waals surface area contributed by atoms with Crippen molar-refractivity contribution in [2.24, 2.45) is 11.8 Å². The molecule has 0 aliphatic heterocycles. The summed E-state index contributed by atoms with van der Waals surface area (Å²) in [5, 5.41) is 0. The van der Waals surface area contributed by atoms with Gasteiger partial charge in [0.2, 0.25) is 0 Å². The molecular formula is C15H20BrFO. The summed E-state index contributed by atoms with van der Waals surface area (Å²) in [6.45, 7) is 5.10. The molecular weight excluding hydrogens is 295 g/mol. The molecule has 100 valence electrons. The summed E-state index contributed by atoms with van der Waals surface area (Å²) < 4.78 is 19.9.